The second-order valence-corrected chi connectivity index (χ2v) is 5.23. The van der Waals surface area contributed by atoms with Crippen molar-refractivity contribution < 1.29 is 19.0 Å². The van der Waals surface area contributed by atoms with Gasteiger partial charge in [-0.3, -0.25) is 4.79 Å². The molecule has 0 bridgehead atoms. The monoisotopic (exact) mass is 329 g/mol. The van der Waals surface area contributed by atoms with Gasteiger partial charge in [0.1, 0.15) is 0 Å². The van der Waals surface area contributed by atoms with Gasteiger partial charge in [-0.05, 0) is 36.2 Å². The molecule has 128 valence electrons. The quantitative estimate of drug-likeness (QED) is 0.808. The fraction of sp³-hybridized carbons (Fsp3) is 0.316. The summed E-state index contributed by atoms with van der Waals surface area (Å²) in [5.74, 6) is 1.02. The second kappa shape index (κ2) is 8.93. The van der Waals surface area contributed by atoms with Crippen LogP contribution in [0.25, 0.3) is 0 Å². The zero-order valence-electron chi connectivity index (χ0n) is 14.3. The highest BCUT2D eigenvalue weighted by Crippen LogP contribution is 2.28. The van der Waals surface area contributed by atoms with E-state index >= 15 is 0 Å². The summed E-state index contributed by atoms with van der Waals surface area (Å²) in [7, 11) is 3.22. The van der Waals surface area contributed by atoms with Crippen LogP contribution in [-0.2, 0) is 17.9 Å². The van der Waals surface area contributed by atoms with Gasteiger partial charge in [-0.2, -0.15) is 0 Å². The number of hydrogen-bond acceptors (Lipinski definition) is 4. The summed E-state index contributed by atoms with van der Waals surface area (Å²) in [5.41, 5.74) is 2.66. The van der Waals surface area contributed by atoms with Crippen molar-refractivity contribution in [2.75, 3.05) is 20.8 Å². The van der Waals surface area contributed by atoms with E-state index in [1.165, 1.54) is 0 Å². The summed E-state index contributed by atoms with van der Waals surface area (Å²) < 4.78 is 15.8. The van der Waals surface area contributed by atoms with Crippen molar-refractivity contribution >= 4 is 5.91 Å². The molecule has 0 fully saturated rings. The fourth-order valence-corrected chi connectivity index (χ4v) is 2.29. The Bertz CT molecular complexity index is 668. The summed E-state index contributed by atoms with van der Waals surface area (Å²) in [6, 6.07) is 13.1. The van der Waals surface area contributed by atoms with E-state index in [1.54, 1.807) is 32.4 Å². The molecule has 0 aromatic heterocycles. The van der Waals surface area contributed by atoms with Gasteiger partial charge in [0.15, 0.2) is 11.5 Å². The number of ether oxygens (including phenoxy) is 3. The number of amides is 1. The summed E-state index contributed by atoms with van der Waals surface area (Å²) in [6.45, 7) is 3.49. The highest BCUT2D eigenvalue weighted by atomic mass is 16.5. The molecule has 5 heteroatoms. The smallest absolute Gasteiger partial charge is 0.251 e. The molecule has 0 unspecified atom stereocenters. The van der Waals surface area contributed by atoms with Gasteiger partial charge >= 0.3 is 0 Å². The molecule has 0 spiro atoms. The maximum absolute atomic E-state index is 12.3. The van der Waals surface area contributed by atoms with E-state index in [9.17, 15) is 4.79 Å². The van der Waals surface area contributed by atoms with Crippen LogP contribution in [0.5, 0.6) is 11.5 Å². The first-order valence-electron chi connectivity index (χ1n) is 7.83. The van der Waals surface area contributed by atoms with E-state index in [0.29, 0.717) is 36.8 Å². The third kappa shape index (κ3) is 4.73. The lowest BCUT2D eigenvalue weighted by atomic mass is 10.1. The number of rotatable bonds is 8. The maximum Gasteiger partial charge on any atom is 0.251 e. The van der Waals surface area contributed by atoms with E-state index in [2.05, 4.69) is 5.32 Å². The van der Waals surface area contributed by atoms with E-state index in [1.807, 2.05) is 31.2 Å². The van der Waals surface area contributed by atoms with Crippen LogP contribution in [0.15, 0.2) is 42.5 Å². The molecule has 0 atom stereocenters. The predicted octanol–water partition coefficient (Wildman–Crippen LogP) is 3.17. The van der Waals surface area contributed by atoms with Gasteiger partial charge in [0, 0.05) is 19.2 Å². The lowest BCUT2D eigenvalue weighted by Crippen LogP contribution is -2.22. The molecule has 0 heterocycles. The topological polar surface area (TPSA) is 56.8 Å². The van der Waals surface area contributed by atoms with Gasteiger partial charge in [0.25, 0.3) is 5.91 Å². The molecule has 0 saturated heterocycles. The predicted molar refractivity (Wildman–Crippen MR) is 92.5 cm³/mol. The average molecular weight is 329 g/mol. The molecular weight excluding hydrogens is 306 g/mol. The van der Waals surface area contributed by atoms with Crippen molar-refractivity contribution in [3.8, 4) is 11.5 Å². The molecule has 24 heavy (non-hydrogen) atoms. The Labute approximate surface area is 142 Å². The van der Waals surface area contributed by atoms with Gasteiger partial charge in [0.2, 0.25) is 0 Å². The summed E-state index contributed by atoms with van der Waals surface area (Å²) in [4.78, 5) is 12.3. The molecule has 2 aromatic rings. The third-order valence-corrected chi connectivity index (χ3v) is 3.51. The number of carbonyl (C=O) groups is 1. The van der Waals surface area contributed by atoms with Gasteiger partial charge in [-0.15, -0.1) is 0 Å². The van der Waals surface area contributed by atoms with Crippen LogP contribution < -0.4 is 14.8 Å². The number of hydrogen-bond donors (Lipinski definition) is 1. The van der Waals surface area contributed by atoms with E-state index < -0.39 is 0 Å². The van der Waals surface area contributed by atoms with Crippen molar-refractivity contribution in [2.24, 2.45) is 0 Å². The maximum atomic E-state index is 12.3. The Balaban J connectivity index is 1.99. The number of methoxy groups -OCH3 is 2. The normalized spacial score (nSPS) is 10.3. The standard InChI is InChI=1S/C19H23NO4/c1-4-24-17-10-9-16(11-18(17)23-3)19(21)20-12-14-5-7-15(8-6-14)13-22-2/h5-11H,4,12-13H2,1-3H3,(H,20,21). The summed E-state index contributed by atoms with van der Waals surface area (Å²) in [6.07, 6.45) is 0. The lowest BCUT2D eigenvalue weighted by molar-refractivity contribution is 0.0950. The molecule has 0 radical (unpaired) electrons. The zero-order chi connectivity index (χ0) is 17.4. The van der Waals surface area contributed by atoms with Crippen molar-refractivity contribution in [1.29, 1.82) is 0 Å². The highest BCUT2D eigenvalue weighted by molar-refractivity contribution is 5.94. The molecule has 0 saturated carbocycles. The first-order chi connectivity index (χ1) is 11.7. The van der Waals surface area contributed by atoms with Gasteiger partial charge < -0.3 is 19.5 Å². The van der Waals surface area contributed by atoms with Crippen LogP contribution >= 0.6 is 0 Å². The Morgan fingerprint density at radius 1 is 1.00 bits per heavy atom. The average Bonchev–Trinajstić information content (AvgIpc) is 2.61. The zero-order valence-corrected chi connectivity index (χ0v) is 14.3. The third-order valence-electron chi connectivity index (χ3n) is 3.51. The van der Waals surface area contributed by atoms with Crippen LogP contribution in [-0.4, -0.2) is 26.7 Å². The van der Waals surface area contributed by atoms with Crippen LogP contribution in [0.3, 0.4) is 0 Å². The first kappa shape index (κ1) is 17.8. The van der Waals surface area contributed by atoms with E-state index in [0.717, 1.165) is 11.1 Å². The molecule has 1 amide bonds. The molecule has 0 aliphatic heterocycles. The minimum absolute atomic E-state index is 0.155. The Morgan fingerprint density at radius 2 is 1.71 bits per heavy atom. The molecular formula is C19H23NO4. The molecule has 0 aliphatic carbocycles. The van der Waals surface area contributed by atoms with Crippen LogP contribution in [0, 0.1) is 0 Å². The number of benzene rings is 2. The van der Waals surface area contributed by atoms with E-state index in [-0.39, 0.29) is 5.91 Å². The molecule has 2 rings (SSSR count). The van der Waals surface area contributed by atoms with Crippen LogP contribution in [0.1, 0.15) is 28.4 Å². The van der Waals surface area contributed by atoms with Gasteiger partial charge in [-0.1, -0.05) is 24.3 Å². The van der Waals surface area contributed by atoms with Crippen molar-refractivity contribution in [3.05, 3.63) is 59.2 Å². The molecule has 2 aromatic carbocycles. The summed E-state index contributed by atoms with van der Waals surface area (Å²) >= 11 is 0. The van der Waals surface area contributed by atoms with Gasteiger partial charge in [0.05, 0.1) is 20.3 Å². The minimum atomic E-state index is -0.155. The van der Waals surface area contributed by atoms with Crippen LogP contribution in [0.2, 0.25) is 0 Å². The van der Waals surface area contributed by atoms with Gasteiger partial charge in [-0.25, -0.2) is 0 Å². The molecule has 0 aliphatic rings. The van der Waals surface area contributed by atoms with Crippen molar-refractivity contribution in [1.82, 2.24) is 5.32 Å². The van der Waals surface area contributed by atoms with Crippen LogP contribution in [0.4, 0.5) is 0 Å². The largest absolute Gasteiger partial charge is 0.493 e. The highest BCUT2D eigenvalue weighted by Gasteiger charge is 2.11. The lowest BCUT2D eigenvalue weighted by Gasteiger charge is -2.11. The number of carbonyl (C=O) groups excluding carboxylic acids is 1. The Morgan fingerprint density at radius 3 is 2.33 bits per heavy atom. The summed E-state index contributed by atoms with van der Waals surface area (Å²) in [5, 5.41) is 2.90. The Hall–Kier alpha value is -2.53. The minimum Gasteiger partial charge on any atom is -0.493 e. The van der Waals surface area contributed by atoms with E-state index in [4.69, 9.17) is 14.2 Å². The van der Waals surface area contributed by atoms with Crippen molar-refractivity contribution in [2.45, 2.75) is 20.1 Å². The van der Waals surface area contributed by atoms with Crippen molar-refractivity contribution in [3.63, 3.8) is 0 Å². The Kier molecular flexibility index (Phi) is 6.63. The number of nitrogens with one attached hydrogen (secondary N) is 1. The molecule has 5 nitrogen and oxygen atoms in total. The molecule has 1 N–H and O–H groups in total. The second-order valence-electron chi connectivity index (χ2n) is 5.23. The fourth-order valence-electron chi connectivity index (χ4n) is 2.29. The first-order valence-corrected chi connectivity index (χ1v) is 7.83. The SMILES string of the molecule is CCOc1ccc(C(=O)NCc2ccc(COC)cc2)cc1OC.